The van der Waals surface area contributed by atoms with Gasteiger partial charge in [0.2, 0.25) is 0 Å². The molecule has 102 valence electrons. The highest BCUT2D eigenvalue weighted by Crippen LogP contribution is 2.43. The highest BCUT2D eigenvalue weighted by Gasteiger charge is 2.37. The van der Waals surface area contributed by atoms with Crippen molar-refractivity contribution < 1.29 is 4.79 Å². The van der Waals surface area contributed by atoms with E-state index >= 15 is 0 Å². The Balaban J connectivity index is 1.67. The molecule has 0 aromatic heterocycles. The molecule has 1 aromatic rings. The molecule has 0 amide bonds. The molecule has 3 unspecified atom stereocenters. The van der Waals surface area contributed by atoms with Gasteiger partial charge >= 0.3 is 0 Å². The SMILES string of the molecule is Cc1ccc(SC2CC3CCCCC3CC2=O)cc1. The lowest BCUT2D eigenvalue weighted by Gasteiger charge is -2.38. The molecule has 2 aliphatic rings. The monoisotopic (exact) mass is 274 g/mol. The normalized spacial score (nSPS) is 31.0. The van der Waals surface area contributed by atoms with Gasteiger partial charge in [-0.2, -0.15) is 0 Å². The van der Waals surface area contributed by atoms with Crippen LogP contribution in [0.3, 0.4) is 0 Å². The number of Topliss-reactive ketones (excluding diaryl/α,β-unsaturated/α-hetero) is 1. The van der Waals surface area contributed by atoms with E-state index in [1.165, 1.54) is 36.1 Å². The number of carbonyl (C=O) groups excluding carboxylic acids is 1. The molecule has 19 heavy (non-hydrogen) atoms. The Morgan fingerprint density at radius 3 is 2.47 bits per heavy atom. The van der Waals surface area contributed by atoms with Gasteiger partial charge in [-0.1, -0.05) is 37.0 Å². The first-order valence-corrected chi connectivity index (χ1v) is 8.36. The largest absolute Gasteiger partial charge is 0.298 e. The number of fused-ring (bicyclic) bond motifs is 1. The van der Waals surface area contributed by atoms with Crippen molar-refractivity contribution in [1.29, 1.82) is 0 Å². The maximum absolute atomic E-state index is 12.3. The third-order valence-corrected chi connectivity index (χ3v) is 5.99. The first-order valence-electron chi connectivity index (χ1n) is 7.48. The highest BCUT2D eigenvalue weighted by molar-refractivity contribution is 8.00. The maximum atomic E-state index is 12.3. The molecule has 2 saturated carbocycles. The van der Waals surface area contributed by atoms with Crippen molar-refractivity contribution in [3.63, 3.8) is 0 Å². The zero-order valence-electron chi connectivity index (χ0n) is 11.6. The molecule has 0 radical (unpaired) electrons. The predicted molar refractivity (Wildman–Crippen MR) is 80.5 cm³/mol. The molecule has 3 rings (SSSR count). The number of hydrogen-bond donors (Lipinski definition) is 0. The second-order valence-corrected chi connectivity index (χ2v) is 7.41. The number of ketones is 1. The van der Waals surface area contributed by atoms with Crippen LogP contribution in [0.1, 0.15) is 44.1 Å². The summed E-state index contributed by atoms with van der Waals surface area (Å²) in [5, 5.41) is 0.210. The highest BCUT2D eigenvalue weighted by atomic mass is 32.2. The molecular formula is C17H22OS. The van der Waals surface area contributed by atoms with Crippen LogP contribution >= 0.6 is 11.8 Å². The first-order chi connectivity index (χ1) is 9.22. The average Bonchev–Trinajstić information content (AvgIpc) is 2.42. The van der Waals surface area contributed by atoms with Crippen LogP contribution in [0.25, 0.3) is 0 Å². The van der Waals surface area contributed by atoms with Gasteiger partial charge in [-0.15, -0.1) is 11.8 Å². The van der Waals surface area contributed by atoms with E-state index in [9.17, 15) is 4.79 Å². The molecule has 2 heteroatoms. The molecule has 0 bridgehead atoms. The average molecular weight is 274 g/mol. The van der Waals surface area contributed by atoms with Crippen molar-refractivity contribution >= 4 is 17.5 Å². The van der Waals surface area contributed by atoms with Crippen LogP contribution < -0.4 is 0 Å². The van der Waals surface area contributed by atoms with E-state index in [-0.39, 0.29) is 5.25 Å². The summed E-state index contributed by atoms with van der Waals surface area (Å²) < 4.78 is 0. The topological polar surface area (TPSA) is 17.1 Å². The minimum Gasteiger partial charge on any atom is -0.298 e. The van der Waals surface area contributed by atoms with Crippen LogP contribution in [0, 0.1) is 18.8 Å². The quantitative estimate of drug-likeness (QED) is 0.782. The number of rotatable bonds is 2. The standard InChI is InChI=1S/C17H22OS/c1-12-6-8-15(9-7-12)19-17-11-14-5-3-2-4-13(14)10-16(17)18/h6-9,13-14,17H,2-5,10-11H2,1H3. The lowest BCUT2D eigenvalue weighted by molar-refractivity contribution is -0.122. The third kappa shape index (κ3) is 3.05. The lowest BCUT2D eigenvalue weighted by atomic mass is 9.70. The molecule has 2 aliphatic carbocycles. The van der Waals surface area contributed by atoms with Crippen molar-refractivity contribution in [2.24, 2.45) is 11.8 Å². The second-order valence-electron chi connectivity index (χ2n) is 6.13. The zero-order valence-corrected chi connectivity index (χ0v) is 12.4. The second kappa shape index (κ2) is 5.70. The summed E-state index contributed by atoms with van der Waals surface area (Å²) in [4.78, 5) is 13.5. The fourth-order valence-corrected chi connectivity index (χ4v) is 4.75. The Morgan fingerprint density at radius 2 is 1.74 bits per heavy atom. The van der Waals surface area contributed by atoms with Crippen molar-refractivity contribution in [2.45, 2.75) is 55.6 Å². The Kier molecular flexibility index (Phi) is 3.97. The van der Waals surface area contributed by atoms with Crippen LogP contribution in [0.5, 0.6) is 0 Å². The first kappa shape index (κ1) is 13.2. The van der Waals surface area contributed by atoms with E-state index < -0.39 is 0 Å². The van der Waals surface area contributed by atoms with Gasteiger partial charge < -0.3 is 0 Å². The Labute approximate surface area is 120 Å². The molecule has 0 aliphatic heterocycles. The fraction of sp³-hybridized carbons (Fsp3) is 0.588. The van der Waals surface area contributed by atoms with Crippen LogP contribution in [-0.2, 0) is 4.79 Å². The number of aryl methyl sites for hydroxylation is 1. The minimum absolute atomic E-state index is 0.210. The van der Waals surface area contributed by atoms with E-state index in [0.717, 1.165) is 18.8 Å². The number of carbonyl (C=O) groups is 1. The molecule has 0 heterocycles. The number of hydrogen-bond acceptors (Lipinski definition) is 2. The van der Waals surface area contributed by atoms with Gasteiger partial charge in [0.15, 0.2) is 0 Å². The molecule has 0 N–H and O–H groups in total. The van der Waals surface area contributed by atoms with Gasteiger partial charge in [0, 0.05) is 11.3 Å². The summed E-state index contributed by atoms with van der Waals surface area (Å²) in [6.07, 6.45) is 7.30. The van der Waals surface area contributed by atoms with Crippen LogP contribution in [0.4, 0.5) is 0 Å². The molecule has 0 saturated heterocycles. The zero-order chi connectivity index (χ0) is 13.2. The third-order valence-electron chi connectivity index (χ3n) is 4.71. The molecule has 3 atom stereocenters. The van der Waals surface area contributed by atoms with E-state index in [2.05, 4.69) is 31.2 Å². The smallest absolute Gasteiger partial charge is 0.146 e. The van der Waals surface area contributed by atoms with Gasteiger partial charge in [0.1, 0.15) is 5.78 Å². The lowest BCUT2D eigenvalue weighted by Crippen LogP contribution is -2.35. The summed E-state index contributed by atoms with van der Waals surface area (Å²) in [6, 6.07) is 8.58. The van der Waals surface area contributed by atoms with Crippen molar-refractivity contribution in [2.75, 3.05) is 0 Å². The maximum Gasteiger partial charge on any atom is 0.146 e. The fourth-order valence-electron chi connectivity index (χ4n) is 3.55. The Morgan fingerprint density at radius 1 is 1.05 bits per heavy atom. The van der Waals surface area contributed by atoms with Crippen molar-refractivity contribution in [3.8, 4) is 0 Å². The molecule has 0 spiro atoms. The van der Waals surface area contributed by atoms with Crippen LogP contribution in [0.15, 0.2) is 29.2 Å². The Hall–Kier alpha value is -0.760. The van der Waals surface area contributed by atoms with E-state index in [1.807, 2.05) is 0 Å². The summed E-state index contributed by atoms with van der Waals surface area (Å²) in [5.41, 5.74) is 1.28. The number of benzene rings is 1. The molecule has 1 aromatic carbocycles. The van der Waals surface area contributed by atoms with Gasteiger partial charge in [0.05, 0.1) is 5.25 Å². The molecule has 1 nitrogen and oxygen atoms in total. The van der Waals surface area contributed by atoms with E-state index in [4.69, 9.17) is 0 Å². The number of thioether (sulfide) groups is 1. The molecular weight excluding hydrogens is 252 g/mol. The Bertz CT molecular complexity index is 451. The summed E-state index contributed by atoms with van der Waals surface area (Å²) >= 11 is 1.79. The molecule has 2 fully saturated rings. The van der Waals surface area contributed by atoms with Gasteiger partial charge in [0.25, 0.3) is 0 Å². The van der Waals surface area contributed by atoms with Crippen LogP contribution in [-0.4, -0.2) is 11.0 Å². The van der Waals surface area contributed by atoms with Gasteiger partial charge in [-0.25, -0.2) is 0 Å². The summed E-state index contributed by atoms with van der Waals surface area (Å²) in [5.74, 6) is 2.01. The summed E-state index contributed by atoms with van der Waals surface area (Å²) in [7, 11) is 0. The minimum atomic E-state index is 0.210. The van der Waals surface area contributed by atoms with E-state index in [0.29, 0.717) is 11.7 Å². The van der Waals surface area contributed by atoms with E-state index in [1.54, 1.807) is 11.8 Å². The van der Waals surface area contributed by atoms with Crippen molar-refractivity contribution in [3.05, 3.63) is 29.8 Å². The van der Waals surface area contributed by atoms with Crippen molar-refractivity contribution in [1.82, 2.24) is 0 Å². The van der Waals surface area contributed by atoms with Crippen LogP contribution in [0.2, 0.25) is 0 Å². The van der Waals surface area contributed by atoms with Gasteiger partial charge in [-0.3, -0.25) is 4.79 Å². The summed E-state index contributed by atoms with van der Waals surface area (Å²) in [6.45, 7) is 2.10. The predicted octanol–water partition coefficient (Wildman–Crippen LogP) is 4.63. The van der Waals surface area contributed by atoms with Gasteiger partial charge in [-0.05, 0) is 43.7 Å².